The molecule has 174 valence electrons. The molecule has 0 bridgehead atoms. The van der Waals surface area contributed by atoms with Crippen LogP contribution in [0.25, 0.3) is 0 Å². The van der Waals surface area contributed by atoms with E-state index < -0.39 is 55.6 Å². The SMILES string of the molecule is FC(F)(F)c1cccc(C(F)(F)F)[c]1[Na].OB(O)O.OB(O)O.OB(O)O.OB(O)O. The largest absolute Gasteiger partial charge is 0.631 e. The van der Waals surface area contributed by atoms with E-state index in [1.807, 2.05) is 0 Å². The summed E-state index contributed by atoms with van der Waals surface area (Å²) in [6.07, 6.45) is -9.45. The van der Waals surface area contributed by atoms with E-state index in [-0.39, 0.29) is 27.9 Å². The average Bonchev–Trinajstić information content (AvgIpc) is 2.42. The van der Waals surface area contributed by atoms with E-state index in [0.717, 1.165) is 6.07 Å². The zero-order valence-corrected chi connectivity index (χ0v) is 17.2. The first-order valence-electron chi connectivity index (χ1n) is 6.98. The van der Waals surface area contributed by atoms with Gasteiger partial charge in [0.2, 0.25) is 0 Å². The molecule has 0 spiro atoms. The van der Waals surface area contributed by atoms with Crippen molar-refractivity contribution in [2.45, 2.75) is 12.4 Å². The summed E-state index contributed by atoms with van der Waals surface area (Å²) in [6, 6.07) is 2.10. The Balaban J connectivity index is -0.000000187. The van der Waals surface area contributed by atoms with Crippen molar-refractivity contribution in [2.24, 2.45) is 0 Å². The van der Waals surface area contributed by atoms with E-state index in [1.165, 1.54) is 0 Å². The van der Waals surface area contributed by atoms with Gasteiger partial charge in [-0.25, -0.2) is 0 Å². The van der Waals surface area contributed by atoms with Crippen molar-refractivity contribution in [3.8, 4) is 0 Å². The molecular weight excluding hydrogens is 468 g/mol. The fourth-order valence-electron chi connectivity index (χ4n) is 1.25. The smallest absolute Gasteiger partial charge is 0.402 e. The Hall–Kier alpha value is -0.420. The standard InChI is InChI=1S/C8H3F6.4BH3O3.Na/c9-7(10,11)5-2-1-3-6(4-5)8(12,13)14;4*2-1(3)4;/h1-3H;4*2-4H;. The minimum atomic E-state index is -4.72. The fraction of sp³-hybridized carbons (Fsp3) is 0.250. The van der Waals surface area contributed by atoms with Crippen LogP contribution in [0.3, 0.4) is 0 Å². The van der Waals surface area contributed by atoms with Gasteiger partial charge in [0.15, 0.2) is 0 Å². The molecule has 0 aliphatic heterocycles. The zero-order chi connectivity index (χ0) is 26.2. The average molecular weight is 483 g/mol. The minimum absolute atomic E-state index is 0.301. The molecule has 1 aromatic carbocycles. The second-order valence-corrected chi connectivity index (χ2v) is 5.36. The van der Waals surface area contributed by atoms with E-state index in [4.69, 9.17) is 60.3 Å². The molecule has 0 heterocycles. The molecule has 1 aromatic rings. The maximum Gasteiger partial charge on any atom is 0.631 e. The Morgan fingerprint density at radius 1 is 0.516 bits per heavy atom. The van der Waals surface area contributed by atoms with Crippen molar-refractivity contribution in [1.29, 1.82) is 0 Å². The monoisotopic (exact) mass is 484 g/mol. The van der Waals surface area contributed by atoms with E-state index in [9.17, 15) is 26.3 Å². The predicted octanol–water partition coefficient (Wildman–Crippen LogP) is -5.69. The maximum absolute atomic E-state index is 12.3. The first-order chi connectivity index (χ1) is 13.6. The predicted molar refractivity (Wildman–Crippen MR) is 91.5 cm³/mol. The van der Waals surface area contributed by atoms with Gasteiger partial charge >= 0.3 is 128 Å². The first kappa shape index (κ1) is 37.9. The van der Waals surface area contributed by atoms with E-state index >= 15 is 0 Å². The Bertz CT molecular complexity index is 498. The molecule has 12 N–H and O–H groups in total. The second kappa shape index (κ2) is 19.1. The first-order valence-corrected chi connectivity index (χ1v) is 7.98. The van der Waals surface area contributed by atoms with Crippen LogP contribution >= 0.6 is 0 Å². The van der Waals surface area contributed by atoms with Crippen LogP contribution in [0, 0.1) is 0 Å². The third-order valence-corrected chi connectivity index (χ3v) is 3.02. The zero-order valence-electron chi connectivity index (χ0n) is 15.2. The van der Waals surface area contributed by atoms with Crippen molar-refractivity contribution < 1.29 is 86.6 Å². The molecule has 0 radical (unpaired) electrons. The summed E-state index contributed by atoms with van der Waals surface area (Å²) in [5.74, 6) is 0. The molecular formula is C8H15B4F6NaO12. The van der Waals surface area contributed by atoms with Crippen molar-refractivity contribution in [3.05, 3.63) is 29.3 Å². The molecule has 0 aliphatic carbocycles. The normalized spacial score (nSPS) is 9.81. The van der Waals surface area contributed by atoms with E-state index in [1.54, 1.807) is 0 Å². The van der Waals surface area contributed by atoms with Gasteiger partial charge in [-0.15, -0.1) is 0 Å². The van der Waals surface area contributed by atoms with E-state index in [2.05, 4.69) is 0 Å². The van der Waals surface area contributed by atoms with Crippen molar-refractivity contribution in [1.82, 2.24) is 0 Å². The fourth-order valence-corrected chi connectivity index (χ4v) is 2.15. The summed E-state index contributed by atoms with van der Waals surface area (Å²) in [5, 5.41) is 86.0. The molecule has 0 atom stereocenters. The molecule has 31 heavy (non-hydrogen) atoms. The van der Waals surface area contributed by atoms with Gasteiger partial charge in [-0.3, -0.25) is 0 Å². The minimum Gasteiger partial charge on any atom is -0.402 e. The number of benzene rings is 1. The Morgan fingerprint density at radius 2 is 0.677 bits per heavy atom. The molecule has 0 unspecified atom stereocenters. The number of hydrogen-bond acceptors (Lipinski definition) is 12. The van der Waals surface area contributed by atoms with Crippen LogP contribution < -0.4 is 2.81 Å². The van der Waals surface area contributed by atoms with Crippen LogP contribution in [0.5, 0.6) is 0 Å². The van der Waals surface area contributed by atoms with Crippen LogP contribution in [0.15, 0.2) is 18.2 Å². The van der Waals surface area contributed by atoms with Gasteiger partial charge in [0.05, 0.1) is 0 Å². The van der Waals surface area contributed by atoms with Crippen molar-refractivity contribution in [3.63, 3.8) is 0 Å². The Labute approximate surface area is 188 Å². The third-order valence-electron chi connectivity index (χ3n) is 1.94. The summed E-state index contributed by atoms with van der Waals surface area (Å²) >= 11 is -0.301. The molecule has 23 heteroatoms. The summed E-state index contributed by atoms with van der Waals surface area (Å²) in [6.45, 7) is 0. The van der Waals surface area contributed by atoms with E-state index in [0.29, 0.717) is 12.1 Å². The molecule has 0 saturated carbocycles. The molecule has 0 saturated heterocycles. The topological polar surface area (TPSA) is 243 Å². The molecule has 1 rings (SSSR count). The number of alkyl halides is 6. The molecule has 0 amide bonds. The molecule has 0 aliphatic rings. The van der Waals surface area contributed by atoms with Crippen molar-refractivity contribution >= 4 is 60.0 Å². The van der Waals surface area contributed by atoms with Crippen LogP contribution in [0.4, 0.5) is 26.3 Å². The van der Waals surface area contributed by atoms with Gasteiger partial charge in [0, 0.05) is 0 Å². The summed E-state index contributed by atoms with van der Waals surface area (Å²) in [7, 11) is -8.67. The summed E-state index contributed by atoms with van der Waals surface area (Å²) in [5.41, 5.74) is -2.38. The van der Waals surface area contributed by atoms with Crippen LogP contribution in [0.2, 0.25) is 0 Å². The quantitative estimate of drug-likeness (QED) is 0.122. The van der Waals surface area contributed by atoms with Gasteiger partial charge in [0.25, 0.3) is 0 Å². The second-order valence-electron chi connectivity index (χ2n) is 4.36. The number of rotatable bonds is 0. The van der Waals surface area contributed by atoms with Crippen molar-refractivity contribution in [2.75, 3.05) is 0 Å². The maximum atomic E-state index is 12.3. The summed E-state index contributed by atoms with van der Waals surface area (Å²) in [4.78, 5) is 0. The van der Waals surface area contributed by atoms with Gasteiger partial charge in [-0.1, -0.05) is 0 Å². The molecule has 0 fully saturated rings. The van der Waals surface area contributed by atoms with Gasteiger partial charge in [0.1, 0.15) is 0 Å². The van der Waals surface area contributed by atoms with Crippen LogP contribution in [0.1, 0.15) is 11.1 Å². The third kappa shape index (κ3) is 34.4. The van der Waals surface area contributed by atoms with Crippen LogP contribution in [-0.4, -0.2) is 118 Å². The summed E-state index contributed by atoms with van der Waals surface area (Å²) < 4.78 is 73.0. The molecule has 12 nitrogen and oxygen atoms in total. The van der Waals surface area contributed by atoms with Gasteiger partial charge < -0.3 is 60.3 Å². The van der Waals surface area contributed by atoms with Crippen LogP contribution in [-0.2, 0) is 12.4 Å². The Morgan fingerprint density at radius 3 is 0.806 bits per heavy atom. The Kier molecular flexibility index (Phi) is 23.3. The van der Waals surface area contributed by atoms with Gasteiger partial charge in [-0.05, 0) is 0 Å². The van der Waals surface area contributed by atoms with Gasteiger partial charge in [-0.2, -0.15) is 0 Å². The number of hydrogen-bond donors (Lipinski definition) is 12. The number of halogens is 6. The molecule has 0 aromatic heterocycles.